The molecule has 31 heavy (non-hydrogen) atoms. The zero-order chi connectivity index (χ0) is 21.4. The molecule has 7 heteroatoms. The highest BCUT2D eigenvalue weighted by Gasteiger charge is 2.34. The number of amides is 1. The summed E-state index contributed by atoms with van der Waals surface area (Å²) in [6.07, 6.45) is 1.74. The first-order valence-corrected chi connectivity index (χ1v) is 11.2. The van der Waals surface area contributed by atoms with Gasteiger partial charge in [-0.2, -0.15) is 10.1 Å². The Morgan fingerprint density at radius 1 is 1.00 bits per heavy atom. The van der Waals surface area contributed by atoms with E-state index in [1.165, 1.54) is 16.3 Å². The van der Waals surface area contributed by atoms with Crippen LogP contribution in [0.15, 0.2) is 91.7 Å². The Morgan fingerprint density at radius 3 is 2.48 bits per heavy atom. The van der Waals surface area contributed by atoms with Gasteiger partial charge < -0.3 is 4.42 Å². The van der Waals surface area contributed by atoms with Gasteiger partial charge in [-0.1, -0.05) is 58.4 Å². The van der Waals surface area contributed by atoms with Gasteiger partial charge >= 0.3 is 0 Å². The second kappa shape index (κ2) is 8.09. The summed E-state index contributed by atoms with van der Waals surface area (Å²) in [6, 6.07) is 21.3. The maximum absolute atomic E-state index is 13.4. The Labute approximate surface area is 191 Å². The first-order chi connectivity index (χ1) is 15.1. The minimum Gasteiger partial charge on any atom is -0.462 e. The summed E-state index contributed by atoms with van der Waals surface area (Å²) in [5.41, 5.74) is 3.71. The first kappa shape index (κ1) is 19.7. The molecule has 2 aromatic heterocycles. The van der Waals surface area contributed by atoms with Crippen molar-refractivity contribution in [2.75, 3.05) is 5.01 Å². The molecule has 0 saturated carbocycles. The van der Waals surface area contributed by atoms with Crippen LogP contribution in [0.2, 0.25) is 0 Å². The lowest BCUT2D eigenvalue weighted by Gasteiger charge is -2.06. The Hall–Kier alpha value is -3.29. The lowest BCUT2D eigenvalue weighted by Crippen LogP contribution is -2.21. The number of thiazole rings is 1. The molecule has 0 atom stereocenters. The molecule has 1 amide bonds. The molecule has 0 unspecified atom stereocenters. The van der Waals surface area contributed by atoms with Crippen molar-refractivity contribution in [1.29, 1.82) is 0 Å². The largest absolute Gasteiger partial charge is 0.462 e. The molecule has 152 valence electrons. The van der Waals surface area contributed by atoms with Crippen LogP contribution in [0, 0.1) is 6.92 Å². The van der Waals surface area contributed by atoms with Crippen LogP contribution in [0.5, 0.6) is 0 Å². The molecule has 4 aromatic rings. The summed E-state index contributed by atoms with van der Waals surface area (Å²) in [7, 11) is 0. The molecule has 3 heterocycles. The van der Waals surface area contributed by atoms with Crippen molar-refractivity contribution in [3.8, 4) is 11.3 Å². The van der Waals surface area contributed by atoms with Crippen molar-refractivity contribution in [2.24, 2.45) is 5.10 Å². The number of carbonyl (C=O) groups is 1. The normalized spacial score (nSPS) is 15.0. The fourth-order valence-corrected chi connectivity index (χ4v) is 4.32. The summed E-state index contributed by atoms with van der Waals surface area (Å²) in [6.45, 7) is 1.87. The highest BCUT2D eigenvalue weighted by molar-refractivity contribution is 9.10. The Morgan fingerprint density at radius 2 is 1.77 bits per heavy atom. The minimum atomic E-state index is -0.232. The number of benzene rings is 2. The third kappa shape index (κ3) is 3.89. The molecule has 0 saturated heterocycles. The summed E-state index contributed by atoms with van der Waals surface area (Å²) in [5.74, 6) is 1.16. The Kier molecular flexibility index (Phi) is 5.13. The average molecular weight is 490 g/mol. The molecular weight excluding hydrogens is 474 g/mol. The van der Waals surface area contributed by atoms with E-state index in [-0.39, 0.29) is 5.91 Å². The Balaban J connectivity index is 1.55. The number of halogens is 1. The molecule has 0 radical (unpaired) electrons. The molecule has 5 rings (SSSR count). The lowest BCUT2D eigenvalue weighted by molar-refractivity contribution is -0.114. The molecule has 0 aliphatic carbocycles. The van der Waals surface area contributed by atoms with Gasteiger partial charge in [0, 0.05) is 21.0 Å². The number of furan rings is 1. The molecule has 0 spiro atoms. The summed E-state index contributed by atoms with van der Waals surface area (Å²) in [5, 5.41) is 8.47. The third-order valence-corrected chi connectivity index (χ3v) is 6.13. The number of carbonyl (C=O) groups excluding carboxylic acids is 1. The highest BCUT2D eigenvalue weighted by atomic mass is 79.9. The van der Waals surface area contributed by atoms with Crippen molar-refractivity contribution >= 4 is 50.1 Å². The molecular formula is C24H16BrN3O2S. The second-order valence-electron chi connectivity index (χ2n) is 6.96. The number of hydrogen-bond acceptors (Lipinski definition) is 5. The smallest absolute Gasteiger partial charge is 0.283 e. The molecule has 1 aliphatic rings. The van der Waals surface area contributed by atoms with Crippen molar-refractivity contribution in [3.05, 3.63) is 99.2 Å². The van der Waals surface area contributed by atoms with E-state index in [2.05, 4.69) is 26.0 Å². The van der Waals surface area contributed by atoms with E-state index in [4.69, 9.17) is 4.42 Å². The number of aromatic nitrogens is 1. The fraction of sp³-hybridized carbons (Fsp3) is 0.0417. The van der Waals surface area contributed by atoms with Crippen molar-refractivity contribution in [2.45, 2.75) is 6.92 Å². The van der Waals surface area contributed by atoms with E-state index >= 15 is 0 Å². The molecule has 2 aromatic carbocycles. The Bertz CT molecular complexity index is 1320. The molecule has 0 N–H and O–H groups in total. The predicted octanol–water partition coefficient (Wildman–Crippen LogP) is 6.31. The molecule has 0 fully saturated rings. The highest BCUT2D eigenvalue weighted by Crippen LogP contribution is 2.33. The van der Waals surface area contributed by atoms with Crippen LogP contribution >= 0.6 is 27.3 Å². The van der Waals surface area contributed by atoms with Crippen molar-refractivity contribution in [1.82, 2.24) is 4.98 Å². The van der Waals surface area contributed by atoms with Crippen LogP contribution < -0.4 is 5.01 Å². The topological polar surface area (TPSA) is 58.7 Å². The quantitative estimate of drug-likeness (QED) is 0.315. The second-order valence-corrected chi connectivity index (χ2v) is 8.71. The number of hydrogen-bond donors (Lipinski definition) is 0. The van der Waals surface area contributed by atoms with E-state index in [0.29, 0.717) is 22.2 Å². The van der Waals surface area contributed by atoms with Gasteiger partial charge in [0.15, 0.2) is 0 Å². The number of anilines is 1. The fourth-order valence-electron chi connectivity index (χ4n) is 3.27. The van der Waals surface area contributed by atoms with E-state index in [1.807, 2.05) is 79.0 Å². The van der Waals surface area contributed by atoms with Gasteiger partial charge in [-0.05, 0) is 37.3 Å². The van der Waals surface area contributed by atoms with E-state index in [1.54, 1.807) is 6.08 Å². The number of aryl methyl sites for hydroxylation is 1. The number of rotatable bonds is 4. The number of hydrazone groups is 1. The standard InChI is InChI=1S/C24H16BrN3O2S/c1-15-7-12-19(30-15)13-20-22(17-5-3-2-4-6-17)27-28(23(20)29)24-26-21(14-31-24)16-8-10-18(25)11-9-16/h2-14H,1H3/b20-13-. The van der Waals surface area contributed by atoms with Crippen LogP contribution in [-0.2, 0) is 4.79 Å². The maximum Gasteiger partial charge on any atom is 0.283 e. The summed E-state index contributed by atoms with van der Waals surface area (Å²) >= 11 is 4.83. The van der Waals surface area contributed by atoms with E-state index in [0.717, 1.165) is 27.1 Å². The van der Waals surface area contributed by atoms with E-state index in [9.17, 15) is 4.79 Å². The monoisotopic (exact) mass is 489 g/mol. The minimum absolute atomic E-state index is 0.232. The van der Waals surface area contributed by atoms with Crippen LogP contribution in [0.25, 0.3) is 17.3 Å². The van der Waals surface area contributed by atoms with Gasteiger partial charge in [-0.25, -0.2) is 4.98 Å². The SMILES string of the molecule is Cc1ccc(/C=C2\C(=O)N(c3nc(-c4ccc(Br)cc4)cs3)N=C2c2ccccc2)o1. The summed E-state index contributed by atoms with van der Waals surface area (Å²) < 4.78 is 6.67. The first-order valence-electron chi connectivity index (χ1n) is 9.57. The van der Waals surface area contributed by atoms with Crippen LogP contribution in [-0.4, -0.2) is 16.6 Å². The van der Waals surface area contributed by atoms with Gasteiger partial charge in [-0.3, -0.25) is 4.79 Å². The molecule has 1 aliphatic heterocycles. The van der Waals surface area contributed by atoms with Crippen molar-refractivity contribution < 1.29 is 9.21 Å². The van der Waals surface area contributed by atoms with Crippen LogP contribution in [0.4, 0.5) is 5.13 Å². The molecule has 5 nitrogen and oxygen atoms in total. The predicted molar refractivity (Wildman–Crippen MR) is 127 cm³/mol. The maximum atomic E-state index is 13.4. The van der Waals surface area contributed by atoms with Gasteiger partial charge in [0.2, 0.25) is 5.13 Å². The van der Waals surface area contributed by atoms with Crippen LogP contribution in [0.1, 0.15) is 17.1 Å². The summed E-state index contributed by atoms with van der Waals surface area (Å²) in [4.78, 5) is 18.0. The lowest BCUT2D eigenvalue weighted by atomic mass is 10.0. The van der Waals surface area contributed by atoms with Gasteiger partial charge in [0.1, 0.15) is 17.2 Å². The number of nitrogens with zero attached hydrogens (tertiary/aromatic N) is 3. The van der Waals surface area contributed by atoms with E-state index < -0.39 is 0 Å². The van der Waals surface area contributed by atoms with Crippen LogP contribution in [0.3, 0.4) is 0 Å². The van der Waals surface area contributed by atoms with Crippen molar-refractivity contribution in [3.63, 3.8) is 0 Å². The zero-order valence-corrected chi connectivity index (χ0v) is 18.9. The molecule has 0 bridgehead atoms. The van der Waals surface area contributed by atoms with Gasteiger partial charge in [0.25, 0.3) is 5.91 Å². The van der Waals surface area contributed by atoms with Gasteiger partial charge in [-0.15, -0.1) is 11.3 Å². The van der Waals surface area contributed by atoms with Gasteiger partial charge in [0.05, 0.1) is 11.3 Å². The zero-order valence-electron chi connectivity index (χ0n) is 16.4. The third-order valence-electron chi connectivity index (χ3n) is 4.79. The average Bonchev–Trinajstić information content (AvgIpc) is 3.50.